The molecule has 2 fully saturated rings. The molecule has 1 N–H and O–H groups in total. The summed E-state index contributed by atoms with van der Waals surface area (Å²) in [5.74, 6) is 1.24. The van der Waals surface area contributed by atoms with Gasteiger partial charge in [-0.1, -0.05) is 0 Å². The third-order valence-corrected chi connectivity index (χ3v) is 3.78. The second-order valence-electron chi connectivity index (χ2n) is 4.49. The molecule has 1 saturated carbocycles. The molecule has 1 aliphatic carbocycles. The highest BCUT2D eigenvalue weighted by molar-refractivity contribution is 9.10. The van der Waals surface area contributed by atoms with Crippen molar-refractivity contribution in [1.29, 1.82) is 0 Å². The minimum atomic E-state index is -0.913. The van der Waals surface area contributed by atoms with E-state index in [0.29, 0.717) is 10.3 Å². The number of rotatable bonds is 2. The van der Waals surface area contributed by atoms with Crippen LogP contribution in [0.25, 0.3) is 0 Å². The van der Waals surface area contributed by atoms with Gasteiger partial charge in [0.15, 0.2) is 0 Å². The number of anilines is 1. The van der Waals surface area contributed by atoms with Crippen molar-refractivity contribution < 1.29 is 9.90 Å². The lowest BCUT2D eigenvalue weighted by atomic mass is 10.2. The van der Waals surface area contributed by atoms with Gasteiger partial charge >= 0.3 is 5.97 Å². The number of hydrogen-bond acceptors (Lipinski definition) is 3. The number of pyridine rings is 1. The molecule has 0 bridgehead atoms. The van der Waals surface area contributed by atoms with Crippen molar-refractivity contribution in [1.82, 2.24) is 4.98 Å². The number of hydrogen-bond donors (Lipinski definition) is 1. The van der Waals surface area contributed by atoms with Crippen LogP contribution in [0.3, 0.4) is 0 Å². The summed E-state index contributed by atoms with van der Waals surface area (Å²) in [6.45, 7) is 1.92. The number of fused-ring (bicyclic) bond motifs is 1. The molecular weight excluding hydrogens is 272 g/mol. The fourth-order valence-corrected chi connectivity index (χ4v) is 2.74. The Labute approximate surface area is 101 Å². The molecule has 1 saturated heterocycles. The number of carbonyl (C=O) groups is 1. The zero-order valence-corrected chi connectivity index (χ0v) is 10.1. The van der Waals surface area contributed by atoms with Gasteiger partial charge in [0.25, 0.3) is 0 Å². The smallest absolute Gasteiger partial charge is 0.339 e. The van der Waals surface area contributed by atoms with Crippen LogP contribution in [0, 0.1) is 11.8 Å². The highest BCUT2D eigenvalue weighted by atomic mass is 79.9. The first kappa shape index (κ1) is 10.1. The average Bonchev–Trinajstić information content (AvgIpc) is 2.85. The van der Waals surface area contributed by atoms with E-state index in [9.17, 15) is 4.79 Å². The fraction of sp³-hybridized carbons (Fsp3) is 0.455. The van der Waals surface area contributed by atoms with Crippen LogP contribution in [-0.2, 0) is 0 Å². The summed E-state index contributed by atoms with van der Waals surface area (Å²) in [6.07, 6.45) is 2.96. The van der Waals surface area contributed by atoms with E-state index in [4.69, 9.17) is 5.11 Å². The SMILES string of the molecule is O=C(O)c1cc(Br)cnc1N1CC2CC2C1. The van der Waals surface area contributed by atoms with Crippen molar-refractivity contribution in [3.05, 3.63) is 22.3 Å². The second-order valence-corrected chi connectivity index (χ2v) is 5.41. The average molecular weight is 283 g/mol. The molecule has 1 aromatic heterocycles. The topological polar surface area (TPSA) is 53.4 Å². The van der Waals surface area contributed by atoms with Gasteiger partial charge in [0, 0.05) is 23.8 Å². The molecule has 0 aromatic carbocycles. The van der Waals surface area contributed by atoms with Gasteiger partial charge in [0.1, 0.15) is 11.4 Å². The maximum Gasteiger partial charge on any atom is 0.339 e. The maximum atomic E-state index is 11.1. The minimum absolute atomic E-state index is 0.288. The van der Waals surface area contributed by atoms with Gasteiger partial charge in [-0.3, -0.25) is 0 Å². The van der Waals surface area contributed by atoms with Crippen LogP contribution in [0.5, 0.6) is 0 Å². The van der Waals surface area contributed by atoms with Crippen LogP contribution in [-0.4, -0.2) is 29.1 Å². The van der Waals surface area contributed by atoms with Crippen LogP contribution in [0.4, 0.5) is 5.82 Å². The van der Waals surface area contributed by atoms with Gasteiger partial charge < -0.3 is 10.0 Å². The molecule has 2 unspecified atom stereocenters. The normalized spacial score (nSPS) is 26.7. The summed E-state index contributed by atoms with van der Waals surface area (Å²) in [7, 11) is 0. The van der Waals surface area contributed by atoms with Crippen molar-refractivity contribution in [2.24, 2.45) is 11.8 Å². The first-order chi connectivity index (χ1) is 7.65. The predicted octanol–water partition coefficient (Wildman–Crippen LogP) is 2.00. The Bertz CT molecular complexity index is 453. The molecule has 2 atom stereocenters. The van der Waals surface area contributed by atoms with Gasteiger partial charge in [-0.05, 0) is 40.3 Å². The molecule has 1 aliphatic heterocycles. The molecule has 0 spiro atoms. The number of carboxylic acid groups (broad SMARTS) is 1. The number of aromatic carboxylic acids is 1. The molecule has 4 nitrogen and oxygen atoms in total. The Kier molecular flexibility index (Phi) is 2.17. The molecule has 84 valence electrons. The van der Waals surface area contributed by atoms with Crippen LogP contribution < -0.4 is 4.90 Å². The van der Waals surface area contributed by atoms with Crippen molar-refractivity contribution in [3.8, 4) is 0 Å². The zero-order chi connectivity index (χ0) is 11.3. The molecule has 3 rings (SSSR count). The molecule has 2 aliphatic rings. The molecule has 0 amide bonds. The van der Waals surface area contributed by atoms with E-state index in [1.165, 1.54) is 6.42 Å². The lowest BCUT2D eigenvalue weighted by molar-refractivity contribution is 0.0697. The number of nitrogens with zero attached hydrogens (tertiary/aromatic N) is 2. The highest BCUT2D eigenvalue weighted by Gasteiger charge is 2.46. The van der Waals surface area contributed by atoms with E-state index in [1.807, 2.05) is 0 Å². The molecule has 16 heavy (non-hydrogen) atoms. The molecule has 1 aromatic rings. The van der Waals surface area contributed by atoms with E-state index in [-0.39, 0.29) is 5.56 Å². The monoisotopic (exact) mass is 282 g/mol. The Hall–Kier alpha value is -1.10. The standard InChI is InChI=1S/C11H11BrN2O2/c12-8-2-9(11(15)16)10(13-3-8)14-4-6-1-7(6)5-14/h2-3,6-7H,1,4-5H2,(H,15,16). The number of halogens is 1. The Morgan fingerprint density at radius 2 is 2.19 bits per heavy atom. The number of carboxylic acids is 1. The van der Waals surface area contributed by atoms with Gasteiger partial charge in [-0.25, -0.2) is 9.78 Å². The Morgan fingerprint density at radius 3 is 2.81 bits per heavy atom. The summed E-state index contributed by atoms with van der Waals surface area (Å²) in [5.41, 5.74) is 0.288. The highest BCUT2D eigenvalue weighted by Crippen LogP contribution is 2.46. The van der Waals surface area contributed by atoms with Crippen molar-refractivity contribution in [2.75, 3.05) is 18.0 Å². The Morgan fingerprint density at radius 1 is 1.50 bits per heavy atom. The molecule has 0 radical (unpaired) electrons. The van der Waals surface area contributed by atoms with E-state index < -0.39 is 5.97 Å². The summed E-state index contributed by atoms with van der Waals surface area (Å²) in [5, 5.41) is 9.14. The molecule has 5 heteroatoms. The van der Waals surface area contributed by atoms with Crippen LogP contribution in [0.15, 0.2) is 16.7 Å². The van der Waals surface area contributed by atoms with E-state index >= 15 is 0 Å². The van der Waals surface area contributed by atoms with Crippen LogP contribution >= 0.6 is 15.9 Å². The Balaban J connectivity index is 1.96. The van der Waals surface area contributed by atoms with Gasteiger partial charge in [-0.15, -0.1) is 0 Å². The summed E-state index contributed by atoms with van der Waals surface area (Å²) in [6, 6.07) is 1.62. The largest absolute Gasteiger partial charge is 0.478 e. The second kappa shape index (κ2) is 3.45. The maximum absolute atomic E-state index is 11.1. The predicted molar refractivity (Wildman–Crippen MR) is 62.7 cm³/mol. The first-order valence-electron chi connectivity index (χ1n) is 5.29. The van der Waals surface area contributed by atoms with Gasteiger partial charge in [0.05, 0.1) is 0 Å². The number of aromatic nitrogens is 1. The lowest BCUT2D eigenvalue weighted by Crippen LogP contribution is -2.25. The zero-order valence-electron chi connectivity index (χ0n) is 8.56. The van der Waals surface area contributed by atoms with E-state index in [0.717, 1.165) is 24.9 Å². The summed E-state index contributed by atoms with van der Waals surface area (Å²) in [4.78, 5) is 17.5. The lowest BCUT2D eigenvalue weighted by Gasteiger charge is -2.20. The van der Waals surface area contributed by atoms with Gasteiger partial charge in [-0.2, -0.15) is 0 Å². The van der Waals surface area contributed by atoms with Crippen molar-refractivity contribution in [2.45, 2.75) is 6.42 Å². The van der Waals surface area contributed by atoms with E-state index in [2.05, 4.69) is 25.8 Å². The summed E-state index contributed by atoms with van der Waals surface area (Å²) >= 11 is 3.25. The minimum Gasteiger partial charge on any atom is -0.478 e. The quantitative estimate of drug-likeness (QED) is 0.902. The summed E-state index contributed by atoms with van der Waals surface area (Å²) < 4.78 is 0.706. The van der Waals surface area contributed by atoms with Crippen molar-refractivity contribution in [3.63, 3.8) is 0 Å². The fourth-order valence-electron chi connectivity index (χ4n) is 2.41. The third-order valence-electron chi connectivity index (χ3n) is 3.34. The van der Waals surface area contributed by atoms with E-state index in [1.54, 1.807) is 12.3 Å². The van der Waals surface area contributed by atoms with Crippen LogP contribution in [0.1, 0.15) is 16.8 Å². The van der Waals surface area contributed by atoms with Crippen molar-refractivity contribution >= 4 is 27.7 Å². The van der Waals surface area contributed by atoms with Gasteiger partial charge in [0.2, 0.25) is 0 Å². The first-order valence-corrected chi connectivity index (χ1v) is 6.08. The number of piperidine rings is 1. The molecule has 2 heterocycles. The van der Waals surface area contributed by atoms with Crippen LogP contribution in [0.2, 0.25) is 0 Å². The molecular formula is C11H11BrN2O2. The third kappa shape index (κ3) is 1.59.